The van der Waals surface area contributed by atoms with Crippen molar-refractivity contribution in [1.29, 1.82) is 0 Å². The Morgan fingerprint density at radius 3 is 2.34 bits per heavy atom. The van der Waals surface area contributed by atoms with Gasteiger partial charge in [0.2, 0.25) is 5.91 Å². The number of rotatable bonds is 4. The number of nitrogens with one attached hydrogen (secondary N) is 1. The predicted molar refractivity (Wildman–Crippen MR) is 105 cm³/mol. The van der Waals surface area contributed by atoms with Crippen molar-refractivity contribution in [2.45, 2.75) is 17.7 Å². The number of hydrogen-bond donors (Lipinski definition) is 1. The van der Waals surface area contributed by atoms with E-state index >= 15 is 0 Å². The summed E-state index contributed by atoms with van der Waals surface area (Å²) in [6.45, 7) is 0.669. The van der Waals surface area contributed by atoms with E-state index < -0.39 is 28.4 Å². The van der Waals surface area contributed by atoms with Crippen LogP contribution in [0, 0.1) is 0 Å². The number of likely N-dealkylation sites (tertiary alicyclic amines) is 1. The molecule has 0 bridgehead atoms. The standard InChI is InChI=1S/C20H19N3O5S/c24-18(13-23-20(26)15-8-2-4-10-17(15)29(23,27)28)21-16-9-3-1-7-14(16)19(25)22-11-5-6-12-22/h1-4,7-10H,5-6,11-13H2,(H,21,24). The van der Waals surface area contributed by atoms with E-state index in [0.717, 1.165) is 12.8 Å². The molecule has 0 aromatic heterocycles. The largest absolute Gasteiger partial charge is 0.339 e. The molecule has 150 valence electrons. The van der Waals surface area contributed by atoms with Crippen LogP contribution < -0.4 is 5.32 Å². The van der Waals surface area contributed by atoms with E-state index in [0.29, 0.717) is 23.0 Å². The molecule has 3 amide bonds. The van der Waals surface area contributed by atoms with Gasteiger partial charge in [-0.1, -0.05) is 24.3 Å². The van der Waals surface area contributed by atoms with E-state index in [2.05, 4.69) is 5.32 Å². The quantitative estimate of drug-likeness (QED) is 0.822. The highest BCUT2D eigenvalue weighted by atomic mass is 32.2. The summed E-state index contributed by atoms with van der Waals surface area (Å²) in [5.74, 6) is -1.62. The maximum atomic E-state index is 12.7. The third-order valence-electron chi connectivity index (χ3n) is 5.02. The summed E-state index contributed by atoms with van der Waals surface area (Å²) in [5.41, 5.74) is 0.669. The Labute approximate surface area is 168 Å². The fraction of sp³-hybridized carbons (Fsp3) is 0.250. The van der Waals surface area contributed by atoms with E-state index in [1.54, 1.807) is 35.2 Å². The normalized spacial score (nSPS) is 17.3. The average molecular weight is 413 g/mol. The molecule has 2 aliphatic rings. The van der Waals surface area contributed by atoms with Gasteiger partial charge in [0.25, 0.3) is 21.8 Å². The van der Waals surface area contributed by atoms with E-state index in [1.807, 2.05) is 0 Å². The fourth-order valence-electron chi connectivity index (χ4n) is 3.58. The average Bonchev–Trinajstić information content (AvgIpc) is 3.31. The Hall–Kier alpha value is -3.20. The lowest BCUT2D eigenvalue weighted by Crippen LogP contribution is -2.37. The van der Waals surface area contributed by atoms with Crippen molar-refractivity contribution < 1.29 is 22.8 Å². The maximum absolute atomic E-state index is 12.7. The van der Waals surface area contributed by atoms with E-state index in [1.165, 1.54) is 18.2 Å². The fourth-order valence-corrected chi connectivity index (χ4v) is 5.10. The van der Waals surface area contributed by atoms with Crippen LogP contribution in [0.4, 0.5) is 5.69 Å². The van der Waals surface area contributed by atoms with E-state index in [-0.39, 0.29) is 22.1 Å². The molecule has 0 aliphatic carbocycles. The molecule has 4 rings (SSSR count). The number of anilines is 1. The number of amides is 3. The number of fused-ring (bicyclic) bond motifs is 1. The first-order valence-corrected chi connectivity index (χ1v) is 10.7. The Bertz CT molecular complexity index is 1110. The first kappa shape index (κ1) is 19.1. The van der Waals surface area contributed by atoms with Crippen LogP contribution in [0.15, 0.2) is 53.4 Å². The molecule has 9 heteroatoms. The molecule has 2 aliphatic heterocycles. The van der Waals surface area contributed by atoms with Gasteiger partial charge >= 0.3 is 0 Å². The van der Waals surface area contributed by atoms with Crippen LogP contribution in [0.3, 0.4) is 0 Å². The molecule has 0 atom stereocenters. The van der Waals surface area contributed by atoms with Gasteiger partial charge in [-0.3, -0.25) is 14.4 Å². The number of carbonyl (C=O) groups excluding carboxylic acids is 3. The number of sulfonamides is 1. The van der Waals surface area contributed by atoms with Crippen molar-refractivity contribution >= 4 is 33.4 Å². The van der Waals surface area contributed by atoms with Crippen LogP contribution in [0.1, 0.15) is 33.6 Å². The monoisotopic (exact) mass is 413 g/mol. The molecular weight excluding hydrogens is 394 g/mol. The van der Waals surface area contributed by atoms with Gasteiger partial charge < -0.3 is 10.2 Å². The summed E-state index contributed by atoms with van der Waals surface area (Å²) in [6.07, 6.45) is 1.88. The zero-order valence-electron chi connectivity index (χ0n) is 15.5. The lowest BCUT2D eigenvalue weighted by molar-refractivity contribution is -0.116. The molecular formula is C20H19N3O5S. The minimum absolute atomic E-state index is 0.0462. The zero-order valence-corrected chi connectivity index (χ0v) is 16.3. The van der Waals surface area contributed by atoms with Crippen LogP contribution in [0.5, 0.6) is 0 Å². The molecule has 0 spiro atoms. The van der Waals surface area contributed by atoms with Crippen LogP contribution >= 0.6 is 0 Å². The first-order chi connectivity index (χ1) is 13.9. The molecule has 0 radical (unpaired) electrons. The van der Waals surface area contributed by atoms with Gasteiger partial charge in [-0.2, -0.15) is 0 Å². The third kappa shape index (κ3) is 3.38. The molecule has 2 heterocycles. The Balaban J connectivity index is 1.53. The van der Waals surface area contributed by atoms with Crippen molar-refractivity contribution in [3.05, 3.63) is 59.7 Å². The Morgan fingerprint density at radius 1 is 0.966 bits per heavy atom. The molecule has 8 nitrogen and oxygen atoms in total. The minimum Gasteiger partial charge on any atom is -0.339 e. The second-order valence-corrected chi connectivity index (χ2v) is 8.74. The SMILES string of the molecule is O=C(CN1C(=O)c2ccccc2S1(=O)=O)Nc1ccccc1C(=O)N1CCCC1. The smallest absolute Gasteiger partial charge is 0.269 e. The molecule has 2 aromatic carbocycles. The Morgan fingerprint density at radius 2 is 1.62 bits per heavy atom. The zero-order chi connectivity index (χ0) is 20.6. The highest BCUT2D eigenvalue weighted by Crippen LogP contribution is 2.29. The van der Waals surface area contributed by atoms with Gasteiger partial charge in [0.1, 0.15) is 11.4 Å². The summed E-state index contributed by atoms with van der Waals surface area (Å²) in [6, 6.07) is 12.4. The van der Waals surface area contributed by atoms with Crippen LogP contribution in [-0.2, 0) is 14.8 Å². The van der Waals surface area contributed by atoms with Gasteiger partial charge in [-0.25, -0.2) is 12.7 Å². The maximum Gasteiger partial charge on any atom is 0.269 e. The molecule has 1 N–H and O–H groups in total. The van der Waals surface area contributed by atoms with Crippen molar-refractivity contribution in [3.63, 3.8) is 0 Å². The molecule has 1 fully saturated rings. The lowest BCUT2D eigenvalue weighted by Gasteiger charge is -2.19. The van der Waals surface area contributed by atoms with Crippen molar-refractivity contribution in [2.24, 2.45) is 0 Å². The van der Waals surface area contributed by atoms with Crippen LogP contribution in [-0.4, -0.2) is 55.0 Å². The number of nitrogens with zero attached hydrogens (tertiary/aromatic N) is 2. The van der Waals surface area contributed by atoms with Gasteiger partial charge in [0, 0.05) is 13.1 Å². The lowest BCUT2D eigenvalue weighted by atomic mass is 10.1. The summed E-state index contributed by atoms with van der Waals surface area (Å²) >= 11 is 0. The van der Waals surface area contributed by atoms with Gasteiger partial charge in [-0.05, 0) is 37.1 Å². The summed E-state index contributed by atoms with van der Waals surface area (Å²) in [5, 5.41) is 2.58. The molecule has 0 saturated carbocycles. The molecule has 2 aromatic rings. The van der Waals surface area contributed by atoms with Crippen LogP contribution in [0.2, 0.25) is 0 Å². The van der Waals surface area contributed by atoms with Gasteiger partial charge in [0.05, 0.1) is 16.8 Å². The first-order valence-electron chi connectivity index (χ1n) is 9.24. The van der Waals surface area contributed by atoms with Crippen molar-refractivity contribution in [3.8, 4) is 0 Å². The summed E-state index contributed by atoms with van der Waals surface area (Å²) in [4.78, 5) is 39.3. The van der Waals surface area contributed by atoms with Gasteiger partial charge in [0.15, 0.2) is 0 Å². The topological polar surface area (TPSA) is 104 Å². The van der Waals surface area contributed by atoms with Crippen molar-refractivity contribution in [1.82, 2.24) is 9.21 Å². The van der Waals surface area contributed by atoms with E-state index in [9.17, 15) is 22.8 Å². The number of hydrogen-bond acceptors (Lipinski definition) is 5. The predicted octanol–water partition coefficient (Wildman–Crippen LogP) is 1.71. The van der Waals surface area contributed by atoms with E-state index in [4.69, 9.17) is 0 Å². The number of carbonyl (C=O) groups is 3. The van der Waals surface area contributed by atoms with Crippen LogP contribution in [0.25, 0.3) is 0 Å². The van der Waals surface area contributed by atoms with Crippen molar-refractivity contribution in [2.75, 3.05) is 25.0 Å². The third-order valence-corrected chi connectivity index (χ3v) is 6.81. The second-order valence-electron chi connectivity index (χ2n) is 6.91. The number of para-hydroxylation sites is 1. The number of benzene rings is 2. The second kappa shape index (κ2) is 7.32. The minimum atomic E-state index is -4.07. The summed E-state index contributed by atoms with van der Waals surface area (Å²) < 4.78 is 25.7. The highest BCUT2D eigenvalue weighted by molar-refractivity contribution is 7.90. The summed E-state index contributed by atoms with van der Waals surface area (Å²) in [7, 11) is -4.07. The highest BCUT2D eigenvalue weighted by Gasteiger charge is 2.41. The molecule has 0 unspecified atom stereocenters. The molecule has 1 saturated heterocycles. The Kier molecular flexibility index (Phi) is 4.83. The molecule has 29 heavy (non-hydrogen) atoms. The van der Waals surface area contributed by atoms with Gasteiger partial charge in [-0.15, -0.1) is 0 Å².